The molecule has 0 spiro atoms. The van der Waals surface area contributed by atoms with E-state index >= 15 is 0 Å². The molecule has 1 N–H and O–H groups in total. The van der Waals surface area contributed by atoms with Gasteiger partial charge < -0.3 is 10.1 Å². The fourth-order valence-corrected chi connectivity index (χ4v) is 0.655. The predicted molar refractivity (Wildman–Crippen MR) is 53.7 cm³/mol. The first-order valence-corrected chi connectivity index (χ1v) is 4.67. The minimum Gasteiger partial charge on any atom is -0.444 e. The normalized spacial score (nSPS) is 12.5. The molecular weight excluding hydrogens is 166 g/mol. The molecule has 0 aromatic heterocycles. The highest BCUT2D eigenvalue weighted by Crippen LogP contribution is 2.14. The Hall–Kier alpha value is -0.730. The molecule has 0 fully saturated rings. The van der Waals surface area contributed by atoms with Crippen molar-refractivity contribution < 1.29 is 9.53 Å². The Labute approximate surface area is 80.8 Å². The molecule has 0 saturated carbocycles. The van der Waals surface area contributed by atoms with E-state index < -0.39 is 0 Å². The van der Waals surface area contributed by atoms with Crippen molar-refractivity contribution in [3.8, 4) is 0 Å². The van der Waals surface area contributed by atoms with Gasteiger partial charge in [-0.1, -0.05) is 6.92 Å². The van der Waals surface area contributed by atoms with Gasteiger partial charge in [0, 0.05) is 5.54 Å². The number of rotatable bonds is 2. The minimum absolute atomic E-state index is 0.235. The highest BCUT2D eigenvalue weighted by Gasteiger charge is 2.22. The molecule has 0 radical (unpaired) electrons. The molecule has 0 atom stereocenters. The van der Waals surface area contributed by atoms with Crippen molar-refractivity contribution >= 4 is 6.09 Å². The Kier molecular flexibility index (Phi) is 3.76. The summed E-state index contributed by atoms with van der Waals surface area (Å²) in [6, 6.07) is 0. The lowest BCUT2D eigenvalue weighted by Gasteiger charge is -2.27. The molecule has 0 rings (SSSR count). The van der Waals surface area contributed by atoms with Gasteiger partial charge in [-0.2, -0.15) is 0 Å². The number of nitrogens with one attached hydrogen (secondary N) is 1. The zero-order valence-corrected chi connectivity index (χ0v) is 9.52. The summed E-state index contributed by atoms with van der Waals surface area (Å²) in [5.41, 5.74) is -0.615. The van der Waals surface area contributed by atoms with E-state index in [-0.39, 0.29) is 17.2 Å². The zero-order chi connectivity index (χ0) is 10.7. The minimum atomic E-state index is -0.380. The topological polar surface area (TPSA) is 38.3 Å². The number of amides is 1. The SMILES string of the molecule is CCC(C)(C)OC(=O)NC(C)(C)C. The lowest BCUT2D eigenvalue weighted by molar-refractivity contribution is 0.0322. The molecule has 0 heterocycles. The summed E-state index contributed by atoms with van der Waals surface area (Å²) < 4.78 is 5.21. The van der Waals surface area contributed by atoms with Gasteiger partial charge in [0.25, 0.3) is 0 Å². The Balaban J connectivity index is 4.03. The van der Waals surface area contributed by atoms with Crippen LogP contribution in [0.1, 0.15) is 48.0 Å². The van der Waals surface area contributed by atoms with Gasteiger partial charge in [-0.25, -0.2) is 4.79 Å². The monoisotopic (exact) mass is 187 g/mol. The van der Waals surface area contributed by atoms with Crippen molar-refractivity contribution in [2.45, 2.75) is 59.1 Å². The number of carbonyl (C=O) groups is 1. The number of hydrogen-bond donors (Lipinski definition) is 1. The van der Waals surface area contributed by atoms with Gasteiger partial charge in [-0.15, -0.1) is 0 Å². The van der Waals surface area contributed by atoms with Crippen molar-refractivity contribution in [2.24, 2.45) is 0 Å². The highest BCUT2D eigenvalue weighted by molar-refractivity contribution is 5.68. The number of carbonyl (C=O) groups excluding carboxylic acids is 1. The summed E-state index contributed by atoms with van der Waals surface area (Å²) in [5.74, 6) is 0. The van der Waals surface area contributed by atoms with E-state index in [1.807, 2.05) is 41.5 Å². The maximum atomic E-state index is 11.3. The molecular formula is C10H21NO2. The fraction of sp³-hybridized carbons (Fsp3) is 0.900. The van der Waals surface area contributed by atoms with E-state index in [9.17, 15) is 4.79 Å². The van der Waals surface area contributed by atoms with Gasteiger partial charge in [0.05, 0.1) is 0 Å². The third-order valence-electron chi connectivity index (χ3n) is 1.70. The van der Waals surface area contributed by atoms with Crippen LogP contribution in [-0.4, -0.2) is 17.2 Å². The van der Waals surface area contributed by atoms with Crippen LogP contribution < -0.4 is 5.32 Å². The summed E-state index contributed by atoms with van der Waals surface area (Å²) in [6.07, 6.45) is 0.462. The molecule has 0 aliphatic heterocycles. The van der Waals surface area contributed by atoms with Crippen LogP contribution in [-0.2, 0) is 4.74 Å². The van der Waals surface area contributed by atoms with Crippen LogP contribution in [0.15, 0.2) is 0 Å². The summed E-state index contributed by atoms with van der Waals surface area (Å²) in [7, 11) is 0. The standard InChI is InChI=1S/C10H21NO2/c1-7-10(5,6)13-8(12)11-9(2,3)4/h7H2,1-6H3,(H,11,12). The lowest BCUT2D eigenvalue weighted by Crippen LogP contribution is -2.44. The lowest BCUT2D eigenvalue weighted by atomic mass is 10.1. The molecule has 0 unspecified atom stereocenters. The van der Waals surface area contributed by atoms with Crippen LogP contribution in [0.25, 0.3) is 0 Å². The third-order valence-corrected chi connectivity index (χ3v) is 1.70. The van der Waals surface area contributed by atoms with Crippen LogP contribution in [0.3, 0.4) is 0 Å². The fourth-order valence-electron chi connectivity index (χ4n) is 0.655. The van der Waals surface area contributed by atoms with Crippen molar-refractivity contribution in [1.29, 1.82) is 0 Å². The van der Waals surface area contributed by atoms with Crippen molar-refractivity contribution in [1.82, 2.24) is 5.32 Å². The first-order chi connectivity index (χ1) is 5.66. The second kappa shape index (κ2) is 3.99. The summed E-state index contributed by atoms with van der Waals surface area (Å²) in [5, 5.41) is 2.75. The van der Waals surface area contributed by atoms with Gasteiger partial charge in [-0.3, -0.25) is 0 Å². The smallest absolute Gasteiger partial charge is 0.408 e. The summed E-state index contributed by atoms with van der Waals surface area (Å²) in [6.45, 7) is 11.6. The average molecular weight is 187 g/mol. The van der Waals surface area contributed by atoms with Crippen molar-refractivity contribution in [2.75, 3.05) is 0 Å². The van der Waals surface area contributed by atoms with Gasteiger partial charge >= 0.3 is 6.09 Å². The molecule has 1 amide bonds. The van der Waals surface area contributed by atoms with Gasteiger partial charge in [0.2, 0.25) is 0 Å². The largest absolute Gasteiger partial charge is 0.444 e. The van der Waals surface area contributed by atoms with Crippen molar-refractivity contribution in [3.05, 3.63) is 0 Å². The molecule has 0 saturated heterocycles. The Morgan fingerprint density at radius 3 is 2.00 bits per heavy atom. The van der Waals surface area contributed by atoms with E-state index in [0.717, 1.165) is 6.42 Å². The highest BCUT2D eigenvalue weighted by atomic mass is 16.6. The van der Waals surface area contributed by atoms with Crippen molar-refractivity contribution in [3.63, 3.8) is 0 Å². The molecule has 0 aromatic carbocycles. The molecule has 0 aliphatic rings. The van der Waals surface area contributed by atoms with Crippen LogP contribution in [0.5, 0.6) is 0 Å². The quantitative estimate of drug-likeness (QED) is 0.721. The predicted octanol–water partition coefficient (Wildman–Crippen LogP) is 2.70. The maximum Gasteiger partial charge on any atom is 0.408 e. The molecule has 3 nitrogen and oxygen atoms in total. The average Bonchev–Trinajstić information content (AvgIpc) is 1.81. The van der Waals surface area contributed by atoms with E-state index in [4.69, 9.17) is 4.74 Å². The van der Waals surface area contributed by atoms with Gasteiger partial charge in [-0.05, 0) is 41.0 Å². The van der Waals surface area contributed by atoms with Gasteiger partial charge in [0.1, 0.15) is 5.60 Å². The van der Waals surface area contributed by atoms with Gasteiger partial charge in [0.15, 0.2) is 0 Å². The number of alkyl carbamates (subject to hydrolysis) is 1. The Bertz CT molecular complexity index is 180. The maximum absolute atomic E-state index is 11.3. The van der Waals surface area contributed by atoms with Crippen LogP contribution >= 0.6 is 0 Å². The van der Waals surface area contributed by atoms with E-state index in [1.165, 1.54) is 0 Å². The number of hydrogen-bond acceptors (Lipinski definition) is 2. The van der Waals surface area contributed by atoms with Crippen LogP contribution in [0.2, 0.25) is 0 Å². The molecule has 78 valence electrons. The Morgan fingerprint density at radius 2 is 1.69 bits per heavy atom. The van der Waals surface area contributed by atoms with Crippen LogP contribution in [0, 0.1) is 0 Å². The second-order valence-electron chi connectivity index (χ2n) is 4.88. The summed E-state index contributed by atoms with van der Waals surface area (Å²) >= 11 is 0. The first kappa shape index (κ1) is 12.3. The van der Waals surface area contributed by atoms with E-state index in [1.54, 1.807) is 0 Å². The summed E-state index contributed by atoms with van der Waals surface area (Å²) in [4.78, 5) is 11.3. The molecule has 0 aliphatic carbocycles. The molecule has 13 heavy (non-hydrogen) atoms. The number of ether oxygens (including phenoxy) is 1. The first-order valence-electron chi connectivity index (χ1n) is 4.67. The second-order valence-corrected chi connectivity index (χ2v) is 4.88. The zero-order valence-electron chi connectivity index (χ0n) is 9.52. The third kappa shape index (κ3) is 6.43. The van der Waals surface area contributed by atoms with E-state index in [0.29, 0.717) is 0 Å². The van der Waals surface area contributed by atoms with E-state index in [2.05, 4.69) is 5.32 Å². The molecule has 3 heteroatoms. The molecule has 0 bridgehead atoms. The Morgan fingerprint density at radius 1 is 1.23 bits per heavy atom. The molecule has 0 aromatic rings. The van der Waals surface area contributed by atoms with Crippen LogP contribution in [0.4, 0.5) is 4.79 Å².